The maximum Gasteiger partial charge on any atom is 0.137 e. The van der Waals surface area contributed by atoms with E-state index in [0.717, 1.165) is 16.1 Å². The van der Waals surface area contributed by atoms with Gasteiger partial charge in [-0.15, -0.1) is 0 Å². The van der Waals surface area contributed by atoms with Gasteiger partial charge in [-0.1, -0.05) is 28.1 Å². The second-order valence-corrected chi connectivity index (χ2v) is 5.83. The molecule has 0 radical (unpaired) electrons. The Balaban J connectivity index is 2.51. The van der Waals surface area contributed by atoms with Crippen LogP contribution in [0.1, 0.15) is 17.2 Å². The molecule has 0 saturated carbocycles. The molecule has 1 atom stereocenters. The van der Waals surface area contributed by atoms with Crippen LogP contribution in [0.15, 0.2) is 45.3 Å². The molecular formula is C14H11Br2F2N. The highest BCUT2D eigenvalue weighted by Gasteiger charge is 2.18. The summed E-state index contributed by atoms with van der Waals surface area (Å²) in [6.45, 7) is 0. The SMILES string of the molecule is CNC(c1cccc(Br)c1)c1cc(F)c(Br)cc1F. The first-order valence-electron chi connectivity index (χ1n) is 5.60. The van der Waals surface area contributed by atoms with Crippen LogP contribution in [0, 0.1) is 11.6 Å². The van der Waals surface area contributed by atoms with Crippen molar-refractivity contribution in [1.82, 2.24) is 5.32 Å². The number of rotatable bonds is 3. The van der Waals surface area contributed by atoms with Crippen LogP contribution in [0.3, 0.4) is 0 Å². The second-order valence-electron chi connectivity index (χ2n) is 4.06. The van der Waals surface area contributed by atoms with Crippen molar-refractivity contribution >= 4 is 31.9 Å². The van der Waals surface area contributed by atoms with Crippen molar-refractivity contribution in [3.8, 4) is 0 Å². The van der Waals surface area contributed by atoms with E-state index in [1.165, 1.54) is 6.07 Å². The summed E-state index contributed by atoms with van der Waals surface area (Å²) < 4.78 is 28.6. The summed E-state index contributed by atoms with van der Waals surface area (Å²) in [5, 5.41) is 3.01. The Morgan fingerprint density at radius 2 is 1.79 bits per heavy atom. The summed E-state index contributed by atoms with van der Waals surface area (Å²) in [5.41, 5.74) is 1.14. The van der Waals surface area contributed by atoms with Crippen LogP contribution < -0.4 is 5.32 Å². The summed E-state index contributed by atoms with van der Waals surface area (Å²) in [6.07, 6.45) is 0. The molecule has 19 heavy (non-hydrogen) atoms. The summed E-state index contributed by atoms with van der Waals surface area (Å²) in [5.74, 6) is -0.931. The zero-order valence-corrected chi connectivity index (χ0v) is 13.2. The van der Waals surface area contributed by atoms with Crippen molar-refractivity contribution in [3.63, 3.8) is 0 Å². The lowest BCUT2D eigenvalue weighted by Gasteiger charge is -2.18. The van der Waals surface area contributed by atoms with Gasteiger partial charge in [-0.25, -0.2) is 8.78 Å². The molecule has 2 aromatic carbocycles. The van der Waals surface area contributed by atoms with Crippen molar-refractivity contribution in [3.05, 3.63) is 68.1 Å². The molecule has 1 nitrogen and oxygen atoms in total. The van der Waals surface area contributed by atoms with Gasteiger partial charge in [0.05, 0.1) is 10.5 Å². The van der Waals surface area contributed by atoms with Crippen LogP contribution >= 0.6 is 31.9 Å². The third-order valence-corrected chi connectivity index (χ3v) is 3.92. The van der Waals surface area contributed by atoms with Crippen molar-refractivity contribution in [1.29, 1.82) is 0 Å². The molecule has 1 unspecified atom stereocenters. The van der Waals surface area contributed by atoms with E-state index in [1.54, 1.807) is 7.05 Å². The van der Waals surface area contributed by atoms with Crippen LogP contribution in [0.4, 0.5) is 8.78 Å². The van der Waals surface area contributed by atoms with E-state index in [2.05, 4.69) is 37.2 Å². The zero-order chi connectivity index (χ0) is 14.0. The second kappa shape index (κ2) is 6.11. The largest absolute Gasteiger partial charge is 0.309 e. The molecular weight excluding hydrogens is 380 g/mol. The van der Waals surface area contributed by atoms with Crippen molar-refractivity contribution in [2.75, 3.05) is 7.05 Å². The van der Waals surface area contributed by atoms with E-state index in [0.29, 0.717) is 0 Å². The van der Waals surface area contributed by atoms with Gasteiger partial charge < -0.3 is 5.32 Å². The van der Waals surface area contributed by atoms with Gasteiger partial charge in [0.2, 0.25) is 0 Å². The molecule has 0 aromatic heterocycles. The molecule has 0 bridgehead atoms. The van der Waals surface area contributed by atoms with Gasteiger partial charge in [0, 0.05) is 10.0 Å². The Hall–Kier alpha value is -0.780. The Bertz CT molecular complexity index is 602. The molecule has 0 aliphatic carbocycles. The third-order valence-electron chi connectivity index (χ3n) is 2.82. The molecule has 2 rings (SSSR count). The molecule has 0 amide bonds. The number of halogens is 4. The first-order valence-corrected chi connectivity index (χ1v) is 7.18. The molecule has 1 N–H and O–H groups in total. The summed E-state index contributed by atoms with van der Waals surface area (Å²) in [6, 6.07) is 9.44. The van der Waals surface area contributed by atoms with Crippen LogP contribution in [0.5, 0.6) is 0 Å². The van der Waals surface area contributed by atoms with E-state index in [9.17, 15) is 8.78 Å². The maximum atomic E-state index is 14.0. The fourth-order valence-corrected chi connectivity index (χ4v) is 2.68. The smallest absolute Gasteiger partial charge is 0.137 e. The molecule has 100 valence electrons. The minimum atomic E-state index is -0.480. The fourth-order valence-electron chi connectivity index (χ4n) is 1.95. The lowest BCUT2D eigenvalue weighted by molar-refractivity contribution is 0.554. The molecule has 0 aliphatic heterocycles. The third kappa shape index (κ3) is 3.22. The van der Waals surface area contributed by atoms with Gasteiger partial charge in [0.25, 0.3) is 0 Å². The van der Waals surface area contributed by atoms with E-state index in [1.807, 2.05) is 24.3 Å². The molecule has 0 saturated heterocycles. The summed E-state index contributed by atoms with van der Waals surface area (Å²) in [4.78, 5) is 0. The molecule has 2 aromatic rings. The van der Waals surface area contributed by atoms with Crippen molar-refractivity contribution in [2.24, 2.45) is 0 Å². The number of nitrogens with one attached hydrogen (secondary N) is 1. The molecule has 0 heterocycles. The minimum absolute atomic E-state index is 0.123. The van der Waals surface area contributed by atoms with Gasteiger partial charge >= 0.3 is 0 Å². The summed E-state index contributed by atoms with van der Waals surface area (Å²) >= 11 is 6.35. The topological polar surface area (TPSA) is 12.0 Å². The zero-order valence-electron chi connectivity index (χ0n) is 10.1. The average molecular weight is 391 g/mol. The highest BCUT2D eigenvalue weighted by atomic mass is 79.9. The first-order chi connectivity index (χ1) is 9.02. The van der Waals surface area contributed by atoms with Crippen LogP contribution in [0.2, 0.25) is 0 Å². The van der Waals surface area contributed by atoms with Gasteiger partial charge in [-0.2, -0.15) is 0 Å². The standard InChI is InChI=1S/C14H11Br2F2N/c1-19-14(8-3-2-4-9(15)5-8)10-6-13(18)11(16)7-12(10)17/h2-7,14,19H,1H3. The highest BCUT2D eigenvalue weighted by molar-refractivity contribution is 9.10. The van der Waals surface area contributed by atoms with E-state index < -0.39 is 17.7 Å². The molecule has 0 aliphatic rings. The van der Waals surface area contributed by atoms with E-state index >= 15 is 0 Å². The Labute approximate surface area is 127 Å². The van der Waals surface area contributed by atoms with Gasteiger partial charge in [0.1, 0.15) is 11.6 Å². The lowest BCUT2D eigenvalue weighted by atomic mass is 9.98. The number of benzene rings is 2. The molecule has 0 fully saturated rings. The van der Waals surface area contributed by atoms with E-state index in [-0.39, 0.29) is 10.0 Å². The molecule has 5 heteroatoms. The van der Waals surface area contributed by atoms with Crippen molar-refractivity contribution < 1.29 is 8.78 Å². The monoisotopic (exact) mass is 389 g/mol. The van der Waals surface area contributed by atoms with Crippen LogP contribution in [-0.2, 0) is 0 Å². The lowest BCUT2D eigenvalue weighted by Crippen LogP contribution is -2.19. The van der Waals surface area contributed by atoms with Gasteiger partial charge in [-0.3, -0.25) is 0 Å². The quantitative estimate of drug-likeness (QED) is 0.742. The number of hydrogen-bond acceptors (Lipinski definition) is 1. The number of hydrogen-bond donors (Lipinski definition) is 1. The molecule has 0 spiro atoms. The Kier molecular flexibility index (Phi) is 4.71. The highest BCUT2D eigenvalue weighted by Crippen LogP contribution is 2.29. The predicted octanol–water partition coefficient (Wildman–Crippen LogP) is 4.80. The van der Waals surface area contributed by atoms with Crippen LogP contribution in [-0.4, -0.2) is 7.05 Å². The first kappa shape index (κ1) is 14.6. The normalized spacial score (nSPS) is 12.5. The van der Waals surface area contributed by atoms with Crippen LogP contribution in [0.25, 0.3) is 0 Å². The average Bonchev–Trinajstić information content (AvgIpc) is 2.36. The van der Waals surface area contributed by atoms with Crippen molar-refractivity contribution in [2.45, 2.75) is 6.04 Å². The van der Waals surface area contributed by atoms with Gasteiger partial charge in [-0.05, 0) is 52.8 Å². The summed E-state index contributed by atoms with van der Waals surface area (Å²) in [7, 11) is 1.71. The fraction of sp³-hybridized carbons (Fsp3) is 0.143. The maximum absolute atomic E-state index is 14.0. The Morgan fingerprint density at radius 3 is 2.42 bits per heavy atom. The van der Waals surface area contributed by atoms with Gasteiger partial charge in [0.15, 0.2) is 0 Å². The van der Waals surface area contributed by atoms with E-state index in [4.69, 9.17) is 0 Å². The minimum Gasteiger partial charge on any atom is -0.309 e. The predicted molar refractivity (Wildman–Crippen MR) is 79.1 cm³/mol. The Morgan fingerprint density at radius 1 is 1.05 bits per heavy atom.